The maximum atomic E-state index is 11.9. The van der Waals surface area contributed by atoms with Gasteiger partial charge in [-0.15, -0.1) is 0 Å². The fourth-order valence-electron chi connectivity index (χ4n) is 2.30. The highest BCUT2D eigenvalue weighted by Gasteiger charge is 2.13. The fraction of sp³-hybridized carbons (Fsp3) is 0.154. The van der Waals surface area contributed by atoms with Crippen molar-refractivity contribution >= 4 is 22.5 Å². The van der Waals surface area contributed by atoms with Crippen molar-refractivity contribution in [1.29, 1.82) is 0 Å². The molecule has 0 spiro atoms. The standard InChI is InChI=1S/C13H11N3O3/c1-6-3-10-9(4-8(6)13(18)19)15-12(17)11-5-14-7(2)16(10)11/h3-5H,1-2H3,(H,15,17)(H,18,19). The molecule has 6 nitrogen and oxygen atoms in total. The van der Waals surface area contributed by atoms with Crippen LogP contribution in [0.4, 0.5) is 0 Å². The van der Waals surface area contributed by atoms with E-state index in [1.807, 2.05) is 0 Å². The molecule has 96 valence electrons. The monoisotopic (exact) mass is 257 g/mol. The maximum Gasteiger partial charge on any atom is 0.336 e. The minimum absolute atomic E-state index is 0.181. The van der Waals surface area contributed by atoms with Gasteiger partial charge in [0, 0.05) is 0 Å². The third kappa shape index (κ3) is 1.53. The number of fused-ring (bicyclic) bond motifs is 3. The molecule has 2 N–H and O–H groups in total. The van der Waals surface area contributed by atoms with Crippen LogP contribution in [0.3, 0.4) is 0 Å². The van der Waals surface area contributed by atoms with E-state index in [1.54, 1.807) is 24.3 Å². The number of carbonyl (C=O) groups is 1. The summed E-state index contributed by atoms with van der Waals surface area (Å²) in [6.45, 7) is 3.53. The first-order valence-corrected chi connectivity index (χ1v) is 5.73. The van der Waals surface area contributed by atoms with Crippen molar-refractivity contribution < 1.29 is 9.90 Å². The van der Waals surface area contributed by atoms with E-state index in [0.717, 1.165) is 5.52 Å². The molecule has 0 aliphatic heterocycles. The summed E-state index contributed by atoms with van der Waals surface area (Å²) >= 11 is 0. The molecule has 0 atom stereocenters. The number of aromatic amines is 1. The van der Waals surface area contributed by atoms with Crippen LogP contribution in [0.1, 0.15) is 21.7 Å². The quantitative estimate of drug-likeness (QED) is 0.691. The zero-order valence-electron chi connectivity index (χ0n) is 10.4. The Labute approximate surface area is 107 Å². The van der Waals surface area contributed by atoms with Gasteiger partial charge in [0.15, 0.2) is 0 Å². The molecule has 6 heteroatoms. The highest BCUT2D eigenvalue weighted by Crippen LogP contribution is 2.19. The molecule has 0 amide bonds. The molecule has 0 saturated heterocycles. The minimum atomic E-state index is -1.01. The van der Waals surface area contributed by atoms with Gasteiger partial charge in [0.05, 0.1) is 22.8 Å². The van der Waals surface area contributed by atoms with Gasteiger partial charge in [-0.2, -0.15) is 0 Å². The predicted octanol–water partition coefficient (Wildman–Crippen LogP) is 1.49. The Morgan fingerprint density at radius 1 is 1.32 bits per heavy atom. The van der Waals surface area contributed by atoms with Crippen molar-refractivity contribution in [1.82, 2.24) is 14.4 Å². The smallest absolute Gasteiger partial charge is 0.336 e. The summed E-state index contributed by atoms with van der Waals surface area (Å²) in [5, 5.41) is 9.11. The average Bonchev–Trinajstić information content (AvgIpc) is 2.73. The molecule has 3 rings (SSSR count). The topological polar surface area (TPSA) is 87.5 Å². The number of aryl methyl sites for hydroxylation is 2. The molecule has 0 aliphatic carbocycles. The van der Waals surface area contributed by atoms with Crippen molar-refractivity contribution in [3.05, 3.63) is 45.6 Å². The number of H-pyrrole nitrogens is 1. The third-order valence-corrected chi connectivity index (χ3v) is 3.23. The highest BCUT2D eigenvalue weighted by molar-refractivity contribution is 5.94. The van der Waals surface area contributed by atoms with Gasteiger partial charge >= 0.3 is 5.97 Å². The number of nitrogens with one attached hydrogen (secondary N) is 1. The molecule has 19 heavy (non-hydrogen) atoms. The molecule has 0 bridgehead atoms. The number of rotatable bonds is 1. The second kappa shape index (κ2) is 3.68. The second-order valence-electron chi connectivity index (χ2n) is 4.47. The number of carboxylic acid groups (broad SMARTS) is 1. The molecule has 0 fully saturated rings. The number of aromatic carboxylic acids is 1. The van der Waals surface area contributed by atoms with E-state index in [0.29, 0.717) is 22.4 Å². The lowest BCUT2D eigenvalue weighted by Crippen LogP contribution is -2.11. The number of hydrogen-bond acceptors (Lipinski definition) is 3. The van der Waals surface area contributed by atoms with Gasteiger partial charge in [-0.3, -0.25) is 9.20 Å². The molecule has 2 heterocycles. The summed E-state index contributed by atoms with van der Waals surface area (Å²) in [6.07, 6.45) is 1.51. The van der Waals surface area contributed by atoms with Crippen LogP contribution in [0.5, 0.6) is 0 Å². The lowest BCUT2D eigenvalue weighted by Gasteiger charge is -2.07. The van der Waals surface area contributed by atoms with E-state index in [2.05, 4.69) is 9.97 Å². The Kier molecular flexibility index (Phi) is 2.22. The van der Waals surface area contributed by atoms with Gasteiger partial charge in [-0.05, 0) is 31.5 Å². The molecule has 1 aromatic carbocycles. The van der Waals surface area contributed by atoms with Crippen molar-refractivity contribution in [2.75, 3.05) is 0 Å². The van der Waals surface area contributed by atoms with Gasteiger partial charge < -0.3 is 10.1 Å². The molecule has 0 radical (unpaired) electrons. The van der Waals surface area contributed by atoms with Crippen LogP contribution < -0.4 is 5.56 Å². The van der Waals surface area contributed by atoms with Crippen molar-refractivity contribution in [2.24, 2.45) is 0 Å². The summed E-state index contributed by atoms with van der Waals surface area (Å²) < 4.78 is 1.73. The minimum Gasteiger partial charge on any atom is -0.478 e. The van der Waals surface area contributed by atoms with E-state index in [-0.39, 0.29) is 11.1 Å². The number of hydrogen-bond donors (Lipinski definition) is 2. The SMILES string of the molecule is Cc1cc2c(cc1C(=O)O)[nH]c(=O)c1cnc(C)n12. The fourth-order valence-corrected chi connectivity index (χ4v) is 2.30. The molecule has 0 aliphatic rings. The maximum absolute atomic E-state index is 11.9. The Bertz CT molecular complexity index is 889. The molecule has 2 aromatic heterocycles. The Morgan fingerprint density at radius 2 is 2.05 bits per heavy atom. The summed E-state index contributed by atoms with van der Waals surface area (Å²) in [7, 11) is 0. The van der Waals surface area contributed by atoms with Crippen molar-refractivity contribution in [3.63, 3.8) is 0 Å². The van der Waals surface area contributed by atoms with E-state index in [4.69, 9.17) is 5.11 Å². The van der Waals surface area contributed by atoms with Crippen LogP contribution in [-0.2, 0) is 0 Å². The molecular formula is C13H11N3O3. The van der Waals surface area contributed by atoms with Gasteiger partial charge in [0.25, 0.3) is 5.56 Å². The summed E-state index contributed by atoms with van der Waals surface area (Å²) in [5.74, 6) is -0.323. The average molecular weight is 257 g/mol. The van der Waals surface area contributed by atoms with Crippen LogP contribution in [-0.4, -0.2) is 25.4 Å². The summed E-state index contributed by atoms with van der Waals surface area (Å²) in [6, 6.07) is 3.23. The summed E-state index contributed by atoms with van der Waals surface area (Å²) in [5.41, 5.74) is 2.22. The van der Waals surface area contributed by atoms with Crippen LogP contribution >= 0.6 is 0 Å². The zero-order chi connectivity index (χ0) is 13.7. The number of carboxylic acids is 1. The van der Waals surface area contributed by atoms with E-state index >= 15 is 0 Å². The van der Waals surface area contributed by atoms with Crippen LogP contribution in [0.15, 0.2) is 23.1 Å². The highest BCUT2D eigenvalue weighted by atomic mass is 16.4. The first-order chi connectivity index (χ1) is 8.99. The first kappa shape index (κ1) is 11.5. The van der Waals surface area contributed by atoms with E-state index in [9.17, 15) is 9.59 Å². The van der Waals surface area contributed by atoms with Gasteiger partial charge in [0.2, 0.25) is 0 Å². The van der Waals surface area contributed by atoms with Crippen LogP contribution in [0.2, 0.25) is 0 Å². The number of imidazole rings is 1. The molecule has 3 aromatic rings. The van der Waals surface area contributed by atoms with E-state index < -0.39 is 5.97 Å². The Hall–Kier alpha value is -2.63. The van der Waals surface area contributed by atoms with Crippen LogP contribution in [0.25, 0.3) is 16.6 Å². The summed E-state index contributed by atoms with van der Waals surface area (Å²) in [4.78, 5) is 29.8. The zero-order valence-corrected chi connectivity index (χ0v) is 10.4. The number of aromatic nitrogens is 3. The Morgan fingerprint density at radius 3 is 2.74 bits per heavy atom. The lowest BCUT2D eigenvalue weighted by atomic mass is 10.1. The second-order valence-corrected chi connectivity index (χ2v) is 4.47. The van der Waals surface area contributed by atoms with Crippen LogP contribution in [0, 0.1) is 13.8 Å². The Balaban J connectivity index is 2.57. The largest absolute Gasteiger partial charge is 0.478 e. The van der Waals surface area contributed by atoms with Gasteiger partial charge in [-0.25, -0.2) is 9.78 Å². The van der Waals surface area contributed by atoms with Crippen molar-refractivity contribution in [3.8, 4) is 0 Å². The molecule has 0 unspecified atom stereocenters. The molecular weight excluding hydrogens is 246 g/mol. The lowest BCUT2D eigenvalue weighted by molar-refractivity contribution is 0.0696. The normalized spacial score (nSPS) is 11.3. The van der Waals surface area contributed by atoms with Gasteiger partial charge in [0.1, 0.15) is 11.3 Å². The number of benzene rings is 1. The predicted molar refractivity (Wildman–Crippen MR) is 69.8 cm³/mol. The van der Waals surface area contributed by atoms with Gasteiger partial charge in [-0.1, -0.05) is 0 Å². The molecule has 0 saturated carbocycles. The number of nitrogens with zero attached hydrogens (tertiary/aromatic N) is 2. The van der Waals surface area contributed by atoms with E-state index in [1.165, 1.54) is 12.3 Å². The third-order valence-electron chi connectivity index (χ3n) is 3.23. The first-order valence-electron chi connectivity index (χ1n) is 5.73. The van der Waals surface area contributed by atoms with Crippen molar-refractivity contribution in [2.45, 2.75) is 13.8 Å².